The summed E-state index contributed by atoms with van der Waals surface area (Å²) in [7, 11) is 0. The van der Waals surface area contributed by atoms with Crippen molar-refractivity contribution in [3.05, 3.63) is 0 Å². The van der Waals surface area contributed by atoms with Gasteiger partial charge in [0.2, 0.25) is 0 Å². The van der Waals surface area contributed by atoms with E-state index in [4.69, 9.17) is 10.2 Å². The van der Waals surface area contributed by atoms with Gasteiger partial charge in [0.15, 0.2) is 0 Å². The molecule has 0 aromatic heterocycles. The normalized spacial score (nSPS) is 23.8. The largest absolute Gasteiger partial charge is 0.394 e. The second-order valence-corrected chi connectivity index (χ2v) is 3.02. The Morgan fingerprint density at radius 3 is 2.50 bits per heavy atom. The summed E-state index contributed by atoms with van der Waals surface area (Å²) in [5, 5.41) is 17.4. The molecule has 0 aromatic rings. The van der Waals surface area contributed by atoms with E-state index in [0.29, 0.717) is 6.42 Å². The first-order chi connectivity index (χ1) is 4.72. The Hall–Kier alpha value is -0.410. The fourth-order valence-electron chi connectivity index (χ4n) is 1.06. The molecular weight excluding hydrogens is 132 g/mol. The zero-order valence-corrected chi connectivity index (χ0v) is 5.79. The van der Waals surface area contributed by atoms with Gasteiger partial charge in [-0.25, -0.2) is 0 Å². The van der Waals surface area contributed by atoms with Gasteiger partial charge in [-0.3, -0.25) is 0 Å². The van der Waals surface area contributed by atoms with Gasteiger partial charge in [0, 0.05) is 5.41 Å². The number of hydrogen-bond acceptors (Lipinski definition) is 3. The fourth-order valence-corrected chi connectivity index (χ4v) is 1.06. The number of carbonyl (C=O) groups excluding carboxylic acids is 1. The van der Waals surface area contributed by atoms with Gasteiger partial charge in [-0.05, 0) is 19.3 Å². The number of aldehydes is 1. The summed E-state index contributed by atoms with van der Waals surface area (Å²) in [4.78, 5) is 10.3. The molecule has 0 spiro atoms. The molecule has 1 saturated carbocycles. The van der Waals surface area contributed by atoms with Crippen LogP contribution in [0.1, 0.15) is 19.3 Å². The molecule has 2 N–H and O–H groups in total. The number of carbonyl (C=O) groups is 1. The fraction of sp³-hybridized carbons (Fsp3) is 0.857. The zero-order chi connectivity index (χ0) is 7.61. The maximum Gasteiger partial charge on any atom is 0.126 e. The third-order valence-electron chi connectivity index (χ3n) is 2.00. The lowest BCUT2D eigenvalue weighted by atomic mass is 10.0. The Morgan fingerprint density at radius 1 is 1.60 bits per heavy atom. The van der Waals surface area contributed by atoms with Crippen LogP contribution in [0.2, 0.25) is 0 Å². The highest BCUT2D eigenvalue weighted by Crippen LogP contribution is 2.47. The molecule has 10 heavy (non-hydrogen) atoms. The summed E-state index contributed by atoms with van der Waals surface area (Å²) >= 11 is 0. The van der Waals surface area contributed by atoms with Crippen molar-refractivity contribution in [1.82, 2.24) is 0 Å². The number of aliphatic hydroxyl groups is 2. The molecule has 1 aliphatic carbocycles. The Labute approximate surface area is 59.7 Å². The van der Waals surface area contributed by atoms with Crippen molar-refractivity contribution in [3.63, 3.8) is 0 Å². The maximum atomic E-state index is 10.3. The van der Waals surface area contributed by atoms with Gasteiger partial charge in [0.1, 0.15) is 6.29 Å². The van der Waals surface area contributed by atoms with Crippen LogP contribution in [-0.4, -0.2) is 29.2 Å². The van der Waals surface area contributed by atoms with Crippen molar-refractivity contribution in [2.75, 3.05) is 6.61 Å². The molecule has 1 atom stereocenters. The summed E-state index contributed by atoms with van der Waals surface area (Å²) in [6, 6.07) is 0. The predicted octanol–water partition coefficient (Wildman–Crippen LogP) is -0.291. The summed E-state index contributed by atoms with van der Waals surface area (Å²) in [6.07, 6.45) is 2.34. The van der Waals surface area contributed by atoms with E-state index in [1.165, 1.54) is 0 Å². The van der Waals surface area contributed by atoms with Crippen molar-refractivity contribution in [2.24, 2.45) is 5.41 Å². The smallest absolute Gasteiger partial charge is 0.126 e. The summed E-state index contributed by atoms with van der Waals surface area (Å²) in [5.74, 6) is 0. The minimum atomic E-state index is -0.715. The molecular formula is C7H12O3. The van der Waals surface area contributed by atoms with Gasteiger partial charge in [-0.1, -0.05) is 0 Å². The topological polar surface area (TPSA) is 57.5 Å². The van der Waals surface area contributed by atoms with E-state index in [1.807, 2.05) is 0 Å². The van der Waals surface area contributed by atoms with Crippen LogP contribution in [0.3, 0.4) is 0 Å². The molecule has 1 rings (SSSR count). The Morgan fingerprint density at radius 2 is 2.20 bits per heavy atom. The molecule has 58 valence electrons. The van der Waals surface area contributed by atoms with Crippen molar-refractivity contribution < 1.29 is 15.0 Å². The predicted molar refractivity (Wildman–Crippen MR) is 35.4 cm³/mol. The van der Waals surface area contributed by atoms with Gasteiger partial charge < -0.3 is 15.0 Å². The Kier molecular flexibility index (Phi) is 2.06. The second kappa shape index (κ2) is 2.68. The molecule has 1 unspecified atom stereocenters. The maximum absolute atomic E-state index is 10.3. The minimum absolute atomic E-state index is 0.240. The number of hydrogen-bond donors (Lipinski definition) is 2. The van der Waals surface area contributed by atoms with Crippen molar-refractivity contribution in [2.45, 2.75) is 25.4 Å². The molecule has 0 radical (unpaired) electrons. The van der Waals surface area contributed by atoms with E-state index in [0.717, 1.165) is 19.1 Å². The van der Waals surface area contributed by atoms with E-state index in [9.17, 15) is 4.79 Å². The van der Waals surface area contributed by atoms with E-state index < -0.39 is 6.10 Å². The molecule has 0 saturated heterocycles. The zero-order valence-electron chi connectivity index (χ0n) is 5.79. The lowest BCUT2D eigenvalue weighted by Crippen LogP contribution is -2.18. The molecule has 0 amide bonds. The van der Waals surface area contributed by atoms with Crippen LogP contribution in [0.5, 0.6) is 0 Å². The standard InChI is InChI=1S/C7H12O3/c8-4-6(10)3-7(5-9)1-2-7/h5-6,8,10H,1-4H2. The molecule has 0 aliphatic heterocycles. The van der Waals surface area contributed by atoms with Gasteiger partial charge in [0.05, 0.1) is 12.7 Å². The Bertz CT molecular complexity index is 129. The van der Waals surface area contributed by atoms with Gasteiger partial charge >= 0.3 is 0 Å². The average Bonchev–Trinajstić information content (AvgIpc) is 2.70. The monoisotopic (exact) mass is 144 g/mol. The molecule has 0 aromatic carbocycles. The third kappa shape index (κ3) is 1.55. The van der Waals surface area contributed by atoms with E-state index in [1.54, 1.807) is 0 Å². The first-order valence-corrected chi connectivity index (χ1v) is 3.48. The second-order valence-electron chi connectivity index (χ2n) is 3.02. The molecule has 1 aliphatic rings. The van der Waals surface area contributed by atoms with Crippen molar-refractivity contribution in [3.8, 4) is 0 Å². The number of aliphatic hydroxyl groups excluding tert-OH is 2. The van der Waals surface area contributed by atoms with E-state index in [2.05, 4.69) is 0 Å². The molecule has 1 fully saturated rings. The summed E-state index contributed by atoms with van der Waals surface area (Å²) in [6.45, 7) is -0.240. The van der Waals surface area contributed by atoms with Crippen LogP contribution < -0.4 is 0 Å². The molecule has 0 heterocycles. The van der Waals surface area contributed by atoms with Crippen LogP contribution in [-0.2, 0) is 4.79 Å². The van der Waals surface area contributed by atoms with Gasteiger partial charge in [0.25, 0.3) is 0 Å². The van der Waals surface area contributed by atoms with E-state index in [-0.39, 0.29) is 12.0 Å². The molecule has 3 heteroatoms. The SMILES string of the molecule is O=CC1(CC(O)CO)CC1. The average molecular weight is 144 g/mol. The van der Waals surface area contributed by atoms with E-state index >= 15 is 0 Å². The Balaban J connectivity index is 2.30. The van der Waals surface area contributed by atoms with Crippen LogP contribution in [0.4, 0.5) is 0 Å². The highest BCUT2D eigenvalue weighted by molar-refractivity contribution is 5.63. The van der Waals surface area contributed by atoms with Crippen LogP contribution in [0.25, 0.3) is 0 Å². The molecule has 3 nitrogen and oxygen atoms in total. The highest BCUT2D eigenvalue weighted by atomic mass is 16.3. The van der Waals surface area contributed by atoms with Gasteiger partial charge in [-0.2, -0.15) is 0 Å². The first-order valence-electron chi connectivity index (χ1n) is 3.48. The molecule has 0 bridgehead atoms. The first kappa shape index (κ1) is 7.69. The van der Waals surface area contributed by atoms with Crippen LogP contribution in [0.15, 0.2) is 0 Å². The highest BCUT2D eigenvalue weighted by Gasteiger charge is 2.43. The van der Waals surface area contributed by atoms with Crippen molar-refractivity contribution in [1.29, 1.82) is 0 Å². The van der Waals surface area contributed by atoms with Gasteiger partial charge in [-0.15, -0.1) is 0 Å². The lowest BCUT2D eigenvalue weighted by molar-refractivity contribution is -0.113. The third-order valence-corrected chi connectivity index (χ3v) is 2.00. The van der Waals surface area contributed by atoms with Crippen LogP contribution >= 0.6 is 0 Å². The van der Waals surface area contributed by atoms with Crippen molar-refractivity contribution >= 4 is 6.29 Å². The van der Waals surface area contributed by atoms with Crippen LogP contribution in [0, 0.1) is 5.41 Å². The quantitative estimate of drug-likeness (QED) is 0.533. The summed E-state index contributed by atoms with van der Waals surface area (Å²) in [5.41, 5.74) is -0.276. The lowest BCUT2D eigenvalue weighted by Gasteiger charge is -2.10. The number of rotatable bonds is 4. The minimum Gasteiger partial charge on any atom is -0.394 e. The summed E-state index contributed by atoms with van der Waals surface area (Å²) < 4.78 is 0.